The summed E-state index contributed by atoms with van der Waals surface area (Å²) >= 11 is 0. The van der Waals surface area contributed by atoms with Gasteiger partial charge in [0.05, 0.1) is 11.3 Å². The van der Waals surface area contributed by atoms with E-state index in [1.165, 1.54) is 17.5 Å². The zero-order valence-corrected chi connectivity index (χ0v) is 13.5. The SMILES string of the molecule is O=C(COc1ccc2c(c1)CCCC2)Nc1cc(C(=O)O)ccc1F. The van der Waals surface area contributed by atoms with Gasteiger partial charge in [-0.05, 0) is 67.1 Å². The van der Waals surface area contributed by atoms with Crippen LogP contribution in [0, 0.1) is 5.82 Å². The fourth-order valence-electron chi connectivity index (χ4n) is 2.89. The number of carbonyl (C=O) groups is 2. The van der Waals surface area contributed by atoms with Gasteiger partial charge in [-0.25, -0.2) is 9.18 Å². The van der Waals surface area contributed by atoms with Crippen molar-refractivity contribution in [2.75, 3.05) is 11.9 Å². The van der Waals surface area contributed by atoms with Crippen LogP contribution in [0.4, 0.5) is 10.1 Å². The number of carboxylic acids is 1. The van der Waals surface area contributed by atoms with Crippen LogP contribution in [0.3, 0.4) is 0 Å². The minimum Gasteiger partial charge on any atom is -0.484 e. The molecule has 6 heteroatoms. The zero-order valence-electron chi connectivity index (χ0n) is 13.5. The van der Waals surface area contributed by atoms with Crippen molar-refractivity contribution in [1.82, 2.24) is 0 Å². The summed E-state index contributed by atoms with van der Waals surface area (Å²) in [5, 5.41) is 11.3. The molecule has 2 aromatic rings. The number of hydrogen-bond acceptors (Lipinski definition) is 3. The van der Waals surface area contributed by atoms with Crippen LogP contribution in [0.25, 0.3) is 0 Å². The van der Waals surface area contributed by atoms with E-state index in [0.29, 0.717) is 5.75 Å². The number of benzene rings is 2. The molecule has 0 heterocycles. The third-order valence-electron chi connectivity index (χ3n) is 4.18. The van der Waals surface area contributed by atoms with E-state index in [4.69, 9.17) is 9.84 Å². The van der Waals surface area contributed by atoms with E-state index in [1.807, 2.05) is 18.2 Å². The third-order valence-corrected chi connectivity index (χ3v) is 4.18. The fourth-order valence-corrected chi connectivity index (χ4v) is 2.89. The summed E-state index contributed by atoms with van der Waals surface area (Å²) in [6.45, 7) is -0.282. The van der Waals surface area contributed by atoms with Gasteiger partial charge in [-0.15, -0.1) is 0 Å². The van der Waals surface area contributed by atoms with Gasteiger partial charge in [0.15, 0.2) is 6.61 Å². The lowest BCUT2D eigenvalue weighted by atomic mass is 9.92. The van der Waals surface area contributed by atoms with Crippen molar-refractivity contribution in [2.24, 2.45) is 0 Å². The maximum absolute atomic E-state index is 13.7. The van der Waals surface area contributed by atoms with Crippen LogP contribution < -0.4 is 10.1 Å². The molecule has 0 aliphatic heterocycles. The van der Waals surface area contributed by atoms with Crippen molar-refractivity contribution in [3.8, 4) is 5.75 Å². The van der Waals surface area contributed by atoms with Gasteiger partial charge in [-0.3, -0.25) is 4.79 Å². The number of carboxylic acid groups (broad SMARTS) is 1. The summed E-state index contributed by atoms with van der Waals surface area (Å²) < 4.78 is 19.2. The van der Waals surface area contributed by atoms with E-state index >= 15 is 0 Å². The summed E-state index contributed by atoms with van der Waals surface area (Å²) in [6, 6.07) is 8.99. The second-order valence-electron chi connectivity index (χ2n) is 5.97. The van der Waals surface area contributed by atoms with Crippen molar-refractivity contribution in [1.29, 1.82) is 0 Å². The predicted octanol–water partition coefficient (Wildman–Crippen LogP) is 3.42. The maximum Gasteiger partial charge on any atom is 0.335 e. The molecular weight excluding hydrogens is 325 g/mol. The van der Waals surface area contributed by atoms with E-state index in [-0.39, 0.29) is 17.9 Å². The molecule has 5 nitrogen and oxygen atoms in total. The molecule has 0 fully saturated rings. The van der Waals surface area contributed by atoms with Crippen LogP contribution >= 0.6 is 0 Å². The molecule has 0 atom stereocenters. The topological polar surface area (TPSA) is 75.6 Å². The third kappa shape index (κ3) is 4.15. The molecule has 1 amide bonds. The molecule has 2 aromatic carbocycles. The Kier molecular flexibility index (Phi) is 4.97. The molecule has 0 unspecified atom stereocenters. The Balaban J connectivity index is 1.62. The number of halogens is 1. The van der Waals surface area contributed by atoms with Gasteiger partial charge < -0.3 is 15.2 Å². The summed E-state index contributed by atoms with van der Waals surface area (Å²) in [6.07, 6.45) is 4.41. The van der Waals surface area contributed by atoms with Gasteiger partial charge in [0, 0.05) is 0 Å². The number of fused-ring (bicyclic) bond motifs is 1. The number of anilines is 1. The number of nitrogens with one attached hydrogen (secondary N) is 1. The van der Waals surface area contributed by atoms with E-state index < -0.39 is 17.7 Å². The number of ether oxygens (including phenoxy) is 1. The number of rotatable bonds is 5. The van der Waals surface area contributed by atoms with E-state index in [2.05, 4.69) is 5.32 Å². The van der Waals surface area contributed by atoms with E-state index in [0.717, 1.165) is 37.5 Å². The lowest BCUT2D eigenvalue weighted by Gasteiger charge is -2.16. The Morgan fingerprint density at radius 2 is 1.84 bits per heavy atom. The van der Waals surface area contributed by atoms with E-state index in [1.54, 1.807) is 0 Å². The monoisotopic (exact) mass is 343 g/mol. The molecular formula is C19H18FNO4. The highest BCUT2D eigenvalue weighted by Gasteiger charge is 2.13. The largest absolute Gasteiger partial charge is 0.484 e. The van der Waals surface area contributed by atoms with Crippen LogP contribution in [0.2, 0.25) is 0 Å². The normalized spacial score (nSPS) is 13.0. The van der Waals surface area contributed by atoms with Gasteiger partial charge in [0.1, 0.15) is 11.6 Å². The average molecular weight is 343 g/mol. The molecule has 130 valence electrons. The Bertz CT molecular complexity index is 819. The molecule has 0 spiro atoms. The standard InChI is InChI=1S/C19H18FNO4/c20-16-8-6-14(19(23)24)10-17(16)21-18(22)11-25-15-7-5-12-3-1-2-4-13(12)9-15/h5-10H,1-4,11H2,(H,21,22)(H,23,24). The first-order chi connectivity index (χ1) is 12.0. The minimum absolute atomic E-state index is 0.104. The van der Waals surface area contributed by atoms with Gasteiger partial charge in [0.25, 0.3) is 5.91 Å². The Morgan fingerprint density at radius 3 is 2.60 bits per heavy atom. The highest BCUT2D eigenvalue weighted by molar-refractivity contribution is 5.94. The second kappa shape index (κ2) is 7.34. The molecule has 1 aliphatic carbocycles. The van der Waals surface area contributed by atoms with Gasteiger partial charge >= 0.3 is 5.97 Å². The van der Waals surface area contributed by atoms with Gasteiger partial charge in [-0.2, -0.15) is 0 Å². The van der Waals surface area contributed by atoms with Crippen molar-refractivity contribution >= 4 is 17.6 Å². The molecule has 0 saturated heterocycles. The highest BCUT2D eigenvalue weighted by Crippen LogP contribution is 2.25. The summed E-state index contributed by atoms with van der Waals surface area (Å²) in [5.41, 5.74) is 2.27. The first-order valence-electron chi connectivity index (χ1n) is 8.10. The quantitative estimate of drug-likeness (QED) is 0.872. The van der Waals surface area contributed by atoms with Crippen molar-refractivity contribution < 1.29 is 23.8 Å². The number of aryl methyl sites for hydroxylation is 2. The number of aromatic carboxylic acids is 1. The first kappa shape index (κ1) is 17.0. The number of amides is 1. The molecule has 0 radical (unpaired) electrons. The molecule has 3 rings (SSSR count). The molecule has 2 N–H and O–H groups in total. The van der Waals surface area contributed by atoms with Crippen molar-refractivity contribution in [2.45, 2.75) is 25.7 Å². The van der Waals surface area contributed by atoms with Crippen LogP contribution in [0.15, 0.2) is 36.4 Å². The van der Waals surface area contributed by atoms with Gasteiger partial charge in [0.2, 0.25) is 0 Å². The Morgan fingerprint density at radius 1 is 1.08 bits per heavy atom. The zero-order chi connectivity index (χ0) is 17.8. The molecule has 1 aliphatic rings. The fraction of sp³-hybridized carbons (Fsp3) is 0.263. The number of hydrogen-bond donors (Lipinski definition) is 2. The first-order valence-corrected chi connectivity index (χ1v) is 8.10. The minimum atomic E-state index is -1.19. The van der Waals surface area contributed by atoms with Crippen LogP contribution in [-0.4, -0.2) is 23.6 Å². The predicted molar refractivity (Wildman–Crippen MR) is 90.6 cm³/mol. The van der Waals surface area contributed by atoms with E-state index in [9.17, 15) is 14.0 Å². The van der Waals surface area contributed by atoms with Crippen LogP contribution in [0.1, 0.15) is 34.3 Å². The molecule has 25 heavy (non-hydrogen) atoms. The smallest absolute Gasteiger partial charge is 0.335 e. The van der Waals surface area contributed by atoms with Gasteiger partial charge in [-0.1, -0.05) is 6.07 Å². The molecule has 0 bridgehead atoms. The summed E-state index contributed by atoms with van der Waals surface area (Å²) in [7, 11) is 0. The average Bonchev–Trinajstić information content (AvgIpc) is 2.61. The highest BCUT2D eigenvalue weighted by atomic mass is 19.1. The molecule has 0 saturated carbocycles. The maximum atomic E-state index is 13.7. The summed E-state index contributed by atoms with van der Waals surface area (Å²) in [4.78, 5) is 22.9. The van der Waals surface area contributed by atoms with Crippen LogP contribution in [-0.2, 0) is 17.6 Å². The lowest BCUT2D eigenvalue weighted by Crippen LogP contribution is -2.21. The number of carbonyl (C=O) groups excluding carboxylic acids is 1. The van der Waals surface area contributed by atoms with Crippen molar-refractivity contribution in [3.63, 3.8) is 0 Å². The van der Waals surface area contributed by atoms with Crippen LogP contribution in [0.5, 0.6) is 5.75 Å². The molecule has 0 aromatic heterocycles. The van der Waals surface area contributed by atoms with Crippen molar-refractivity contribution in [3.05, 3.63) is 58.9 Å². The Labute approximate surface area is 144 Å². The summed E-state index contributed by atoms with van der Waals surface area (Å²) in [5.74, 6) is -1.86. The Hall–Kier alpha value is -2.89. The second-order valence-corrected chi connectivity index (χ2v) is 5.97. The lowest BCUT2D eigenvalue weighted by molar-refractivity contribution is -0.118.